The molecule has 2 aliphatic rings. The molecule has 2 heterocycles. The first-order chi connectivity index (χ1) is 17.3. The van der Waals surface area contributed by atoms with E-state index in [0.717, 1.165) is 57.0 Å². The highest BCUT2D eigenvalue weighted by atomic mass is 19.1. The molecular weight excluding hydrogens is 451 g/mol. The van der Waals surface area contributed by atoms with Crippen LogP contribution in [-0.2, 0) is 11.2 Å². The third-order valence-electron chi connectivity index (χ3n) is 8.47. The van der Waals surface area contributed by atoms with Crippen LogP contribution in [0.5, 0.6) is 0 Å². The first-order valence-electron chi connectivity index (χ1n) is 13.8. The Kier molecular flexibility index (Phi) is 9.19. The Morgan fingerprint density at radius 1 is 1.08 bits per heavy atom. The van der Waals surface area contributed by atoms with E-state index in [-0.39, 0.29) is 11.7 Å². The average Bonchev–Trinajstić information content (AvgIpc) is 3.25. The predicted octanol–water partition coefficient (Wildman–Crippen LogP) is 5.99. The molecule has 2 aromatic rings. The molecule has 4 rings (SSSR count). The summed E-state index contributed by atoms with van der Waals surface area (Å²) < 4.78 is 13.5. The summed E-state index contributed by atoms with van der Waals surface area (Å²) in [4.78, 5) is 16.9. The van der Waals surface area contributed by atoms with Gasteiger partial charge in [0.05, 0.1) is 0 Å². The van der Waals surface area contributed by atoms with E-state index in [1.807, 2.05) is 32.9 Å². The van der Waals surface area contributed by atoms with E-state index < -0.39 is 12.0 Å². The summed E-state index contributed by atoms with van der Waals surface area (Å²) in [7, 11) is 0. The first kappa shape index (κ1) is 26.8. The Balaban J connectivity index is 1.30. The maximum absolute atomic E-state index is 13.5. The molecular formula is C31H43FN2O2. The standard InChI is InChI=1S/C31H43FN2O2/c1-22(2)30(31(35)36)34-20-27(28(21-34)26-10-5-4-6-11-26)19-33-16-14-24(15-17-33)8-7-9-25-12-13-29(32)23(3)18-25/h4-6,10-13,18,22,24,27-28,30H,7-9,14-17,19-21H2,1-3H3,(H,35,36)/t27-,28+,30+/m0/s1. The number of carboxylic acids is 1. The monoisotopic (exact) mass is 494 g/mol. The number of carboxylic acid groups (broad SMARTS) is 1. The first-order valence-corrected chi connectivity index (χ1v) is 13.8. The Morgan fingerprint density at radius 2 is 1.81 bits per heavy atom. The van der Waals surface area contributed by atoms with Crippen LogP contribution in [0.25, 0.3) is 0 Å². The lowest BCUT2D eigenvalue weighted by molar-refractivity contribution is -0.144. The smallest absolute Gasteiger partial charge is 0.321 e. The third-order valence-corrected chi connectivity index (χ3v) is 8.47. The molecule has 196 valence electrons. The number of rotatable bonds is 10. The predicted molar refractivity (Wildman–Crippen MR) is 144 cm³/mol. The van der Waals surface area contributed by atoms with E-state index >= 15 is 0 Å². The summed E-state index contributed by atoms with van der Waals surface area (Å²) in [5.41, 5.74) is 3.32. The quantitative estimate of drug-likeness (QED) is 0.440. The molecule has 36 heavy (non-hydrogen) atoms. The zero-order valence-corrected chi connectivity index (χ0v) is 22.2. The van der Waals surface area contributed by atoms with E-state index in [9.17, 15) is 14.3 Å². The van der Waals surface area contributed by atoms with Crippen molar-refractivity contribution in [2.45, 2.75) is 64.8 Å². The van der Waals surface area contributed by atoms with Crippen molar-refractivity contribution in [1.29, 1.82) is 0 Å². The fraction of sp³-hybridized carbons (Fsp3) is 0.581. The number of aliphatic carboxylic acids is 1. The molecule has 0 aromatic heterocycles. The zero-order valence-electron chi connectivity index (χ0n) is 22.2. The van der Waals surface area contributed by atoms with Gasteiger partial charge in [0.2, 0.25) is 0 Å². The van der Waals surface area contributed by atoms with Crippen molar-refractivity contribution in [3.63, 3.8) is 0 Å². The lowest BCUT2D eigenvalue weighted by Gasteiger charge is -2.35. The number of piperidine rings is 1. The van der Waals surface area contributed by atoms with Crippen molar-refractivity contribution in [2.24, 2.45) is 17.8 Å². The molecule has 0 bridgehead atoms. The maximum Gasteiger partial charge on any atom is 0.321 e. The van der Waals surface area contributed by atoms with E-state index in [0.29, 0.717) is 11.8 Å². The second-order valence-corrected chi connectivity index (χ2v) is 11.5. The second-order valence-electron chi connectivity index (χ2n) is 11.5. The van der Waals surface area contributed by atoms with Crippen LogP contribution >= 0.6 is 0 Å². The van der Waals surface area contributed by atoms with Gasteiger partial charge in [-0.05, 0) is 86.2 Å². The highest BCUT2D eigenvalue weighted by Gasteiger charge is 2.41. The van der Waals surface area contributed by atoms with Crippen molar-refractivity contribution < 1.29 is 14.3 Å². The summed E-state index contributed by atoms with van der Waals surface area (Å²) in [6.07, 6.45) is 5.90. The summed E-state index contributed by atoms with van der Waals surface area (Å²) in [5.74, 6) is 0.870. The molecule has 2 saturated heterocycles. The number of carbonyl (C=O) groups is 1. The van der Waals surface area contributed by atoms with Crippen LogP contribution in [0, 0.1) is 30.5 Å². The van der Waals surface area contributed by atoms with Gasteiger partial charge in [0.1, 0.15) is 11.9 Å². The summed E-state index contributed by atoms with van der Waals surface area (Å²) in [5, 5.41) is 9.90. The lowest BCUT2D eigenvalue weighted by atomic mass is 9.87. The number of aryl methyl sites for hydroxylation is 2. The average molecular weight is 495 g/mol. The third kappa shape index (κ3) is 6.74. The van der Waals surface area contributed by atoms with Gasteiger partial charge in [0, 0.05) is 25.6 Å². The zero-order chi connectivity index (χ0) is 25.7. The molecule has 0 spiro atoms. The van der Waals surface area contributed by atoms with Crippen molar-refractivity contribution in [1.82, 2.24) is 9.80 Å². The van der Waals surface area contributed by atoms with E-state index in [1.54, 1.807) is 6.07 Å². The Bertz CT molecular complexity index is 987. The summed E-state index contributed by atoms with van der Waals surface area (Å²) in [6, 6.07) is 15.8. The molecule has 1 N–H and O–H groups in total. The van der Waals surface area contributed by atoms with Crippen molar-refractivity contribution in [3.8, 4) is 0 Å². The molecule has 0 unspecified atom stereocenters. The minimum atomic E-state index is -0.700. The van der Waals surface area contributed by atoms with Gasteiger partial charge in [-0.3, -0.25) is 9.69 Å². The Labute approximate surface area is 216 Å². The van der Waals surface area contributed by atoms with Crippen LogP contribution in [0.1, 0.15) is 62.1 Å². The highest BCUT2D eigenvalue weighted by molar-refractivity contribution is 5.73. The normalized spacial score (nSPS) is 22.8. The van der Waals surface area contributed by atoms with Crippen LogP contribution in [0.2, 0.25) is 0 Å². The minimum absolute atomic E-state index is 0.0900. The summed E-state index contributed by atoms with van der Waals surface area (Å²) in [6.45, 7) is 10.9. The fourth-order valence-electron chi connectivity index (χ4n) is 6.50. The van der Waals surface area contributed by atoms with Gasteiger partial charge in [0.25, 0.3) is 0 Å². The lowest BCUT2D eigenvalue weighted by Crippen LogP contribution is -2.44. The molecule has 0 amide bonds. The van der Waals surface area contributed by atoms with E-state index in [2.05, 4.69) is 40.1 Å². The molecule has 3 atom stereocenters. The minimum Gasteiger partial charge on any atom is -0.480 e. The van der Waals surface area contributed by atoms with E-state index in [4.69, 9.17) is 0 Å². The van der Waals surface area contributed by atoms with Crippen LogP contribution in [0.15, 0.2) is 48.5 Å². The molecule has 0 saturated carbocycles. The molecule has 5 heteroatoms. The molecule has 0 aliphatic carbocycles. The SMILES string of the molecule is Cc1cc(CCCC2CCN(C[C@H]3CN([C@@H](C(=O)O)C(C)C)C[C@@H]3c3ccccc3)CC2)ccc1F. The van der Waals surface area contributed by atoms with Crippen molar-refractivity contribution in [3.05, 3.63) is 71.0 Å². The number of hydrogen-bond donors (Lipinski definition) is 1. The van der Waals surface area contributed by atoms with E-state index in [1.165, 1.54) is 30.4 Å². The van der Waals surface area contributed by atoms with Gasteiger partial charge in [-0.25, -0.2) is 4.39 Å². The van der Waals surface area contributed by atoms with Crippen LogP contribution in [-0.4, -0.2) is 59.6 Å². The largest absolute Gasteiger partial charge is 0.480 e. The van der Waals surface area contributed by atoms with Gasteiger partial charge in [-0.1, -0.05) is 62.7 Å². The van der Waals surface area contributed by atoms with Crippen molar-refractivity contribution >= 4 is 5.97 Å². The van der Waals surface area contributed by atoms with Gasteiger partial charge in [-0.15, -0.1) is 0 Å². The molecule has 2 aromatic carbocycles. The number of hydrogen-bond acceptors (Lipinski definition) is 3. The van der Waals surface area contributed by atoms with Gasteiger partial charge < -0.3 is 10.0 Å². The number of halogens is 1. The highest BCUT2D eigenvalue weighted by Crippen LogP contribution is 2.36. The number of likely N-dealkylation sites (tertiary alicyclic amines) is 2. The topological polar surface area (TPSA) is 43.8 Å². The maximum atomic E-state index is 13.5. The van der Waals surface area contributed by atoms with Gasteiger partial charge in [-0.2, -0.15) is 0 Å². The summed E-state index contributed by atoms with van der Waals surface area (Å²) >= 11 is 0. The molecule has 2 aliphatic heterocycles. The molecule has 4 nitrogen and oxygen atoms in total. The Morgan fingerprint density at radius 3 is 2.44 bits per heavy atom. The molecule has 0 radical (unpaired) electrons. The number of nitrogens with zero attached hydrogens (tertiary/aromatic N) is 2. The van der Waals surface area contributed by atoms with Crippen LogP contribution in [0.3, 0.4) is 0 Å². The van der Waals surface area contributed by atoms with Crippen LogP contribution in [0.4, 0.5) is 4.39 Å². The van der Waals surface area contributed by atoms with Gasteiger partial charge >= 0.3 is 5.97 Å². The Hall–Kier alpha value is -2.24. The van der Waals surface area contributed by atoms with Gasteiger partial charge in [0.15, 0.2) is 0 Å². The second kappa shape index (κ2) is 12.3. The van der Waals surface area contributed by atoms with Crippen LogP contribution < -0.4 is 0 Å². The fourth-order valence-corrected chi connectivity index (χ4v) is 6.50. The van der Waals surface area contributed by atoms with Crippen molar-refractivity contribution in [2.75, 3.05) is 32.7 Å². The number of benzene rings is 2. The molecule has 2 fully saturated rings.